The maximum absolute atomic E-state index is 12.9. The van der Waals surface area contributed by atoms with Crippen molar-refractivity contribution in [1.29, 1.82) is 0 Å². The fraction of sp³-hybridized carbons (Fsp3) is 0.458. The van der Waals surface area contributed by atoms with Crippen LogP contribution in [0.3, 0.4) is 0 Å². The molecular formula is C24H28N4O4. The summed E-state index contributed by atoms with van der Waals surface area (Å²) in [6, 6.07) is 5.86. The van der Waals surface area contributed by atoms with E-state index < -0.39 is 0 Å². The van der Waals surface area contributed by atoms with Gasteiger partial charge in [-0.1, -0.05) is 6.07 Å². The van der Waals surface area contributed by atoms with Crippen molar-refractivity contribution in [3.8, 4) is 11.3 Å². The molecule has 0 saturated carbocycles. The number of carbonyl (C=O) groups is 1. The molecule has 32 heavy (non-hydrogen) atoms. The van der Waals surface area contributed by atoms with Crippen LogP contribution >= 0.6 is 0 Å². The molecule has 1 aliphatic carbocycles. The number of rotatable bonds is 5. The Morgan fingerprint density at radius 2 is 2.19 bits per heavy atom. The zero-order valence-electron chi connectivity index (χ0n) is 18.7. The predicted octanol–water partition coefficient (Wildman–Crippen LogP) is 2.92. The van der Waals surface area contributed by atoms with E-state index in [1.54, 1.807) is 6.20 Å². The normalized spacial score (nSPS) is 19.3. The Labute approximate surface area is 186 Å². The molecule has 0 bridgehead atoms. The molecule has 3 aromatic rings. The van der Waals surface area contributed by atoms with Gasteiger partial charge in [0.2, 0.25) is 0 Å². The smallest absolute Gasteiger partial charge is 0.287 e. The van der Waals surface area contributed by atoms with Crippen molar-refractivity contribution in [1.82, 2.24) is 20.1 Å². The summed E-state index contributed by atoms with van der Waals surface area (Å²) in [5, 5.41) is 7.75. The number of aryl methyl sites for hydroxylation is 2. The second kappa shape index (κ2) is 8.18. The molecule has 0 radical (unpaired) electrons. The minimum absolute atomic E-state index is 0.179. The topological polar surface area (TPSA) is 91.4 Å². The fourth-order valence-electron chi connectivity index (χ4n) is 4.46. The van der Waals surface area contributed by atoms with E-state index in [1.165, 1.54) is 5.56 Å². The molecular weight excluding hydrogens is 408 g/mol. The average molecular weight is 437 g/mol. The van der Waals surface area contributed by atoms with E-state index in [9.17, 15) is 4.79 Å². The van der Waals surface area contributed by atoms with Crippen molar-refractivity contribution >= 4 is 5.91 Å². The monoisotopic (exact) mass is 436 g/mol. The summed E-state index contributed by atoms with van der Waals surface area (Å²) in [4.78, 5) is 17.3. The third-order valence-corrected chi connectivity index (χ3v) is 5.90. The molecule has 1 unspecified atom stereocenters. The van der Waals surface area contributed by atoms with Gasteiger partial charge in [0, 0.05) is 36.5 Å². The van der Waals surface area contributed by atoms with Gasteiger partial charge in [0.15, 0.2) is 5.76 Å². The molecule has 0 spiro atoms. The third-order valence-electron chi connectivity index (χ3n) is 5.90. The number of furan rings is 1. The number of nitrogens with zero attached hydrogens (tertiary/aromatic N) is 3. The lowest BCUT2D eigenvalue weighted by Crippen LogP contribution is -2.48. The van der Waals surface area contributed by atoms with Gasteiger partial charge in [0.1, 0.15) is 5.76 Å². The lowest BCUT2D eigenvalue weighted by Gasteiger charge is -2.35. The van der Waals surface area contributed by atoms with E-state index in [1.807, 2.05) is 43.7 Å². The maximum atomic E-state index is 12.9. The number of aromatic nitrogens is 3. The van der Waals surface area contributed by atoms with Gasteiger partial charge < -0.3 is 19.2 Å². The lowest BCUT2D eigenvalue weighted by atomic mass is 9.93. The second-order valence-electron chi connectivity index (χ2n) is 9.10. The molecule has 8 nitrogen and oxygen atoms in total. The van der Waals surface area contributed by atoms with E-state index in [0.717, 1.165) is 41.1 Å². The van der Waals surface area contributed by atoms with Gasteiger partial charge in [-0.3, -0.25) is 14.5 Å². The van der Waals surface area contributed by atoms with Crippen LogP contribution in [-0.2, 0) is 28.9 Å². The largest absolute Gasteiger partial charge is 0.455 e. The summed E-state index contributed by atoms with van der Waals surface area (Å²) in [6.45, 7) is 7.88. The number of hydrogen-bond donors (Lipinski definition) is 1. The number of nitrogens with one attached hydrogen (secondary N) is 1. The van der Waals surface area contributed by atoms with Crippen LogP contribution in [-0.4, -0.2) is 52.1 Å². The first-order valence-corrected chi connectivity index (χ1v) is 11.0. The highest BCUT2D eigenvalue weighted by Gasteiger charge is 2.32. The molecule has 1 N–H and O–H groups in total. The number of carbonyl (C=O) groups excluding carboxylic acids is 1. The van der Waals surface area contributed by atoms with E-state index in [-0.39, 0.29) is 17.6 Å². The van der Waals surface area contributed by atoms with Crippen LogP contribution in [0, 0.1) is 6.92 Å². The Kier molecular flexibility index (Phi) is 5.35. The standard InChI is InChI=1S/C24H28N4O4/c1-15-20-19(31-22(15)23(29)26-10-18-13-30-14-24(2,3)32-18)8-7-16-11-28(27-21(16)20)12-17-6-4-5-9-25-17/h4-6,9,11,18H,7-8,10,12-14H2,1-3H3,(H,26,29). The molecule has 3 aromatic heterocycles. The molecule has 1 atom stereocenters. The number of hydrogen-bond acceptors (Lipinski definition) is 6. The number of pyridine rings is 1. The summed E-state index contributed by atoms with van der Waals surface area (Å²) in [5.41, 5.74) is 4.43. The summed E-state index contributed by atoms with van der Waals surface area (Å²) in [5.74, 6) is 0.929. The first-order chi connectivity index (χ1) is 15.4. The molecule has 0 aromatic carbocycles. The molecule has 1 aliphatic heterocycles. The highest BCUT2D eigenvalue weighted by Crippen LogP contribution is 2.38. The Hall–Kier alpha value is -2.97. The van der Waals surface area contributed by atoms with Gasteiger partial charge in [0.05, 0.1) is 42.9 Å². The molecule has 1 amide bonds. The quantitative estimate of drug-likeness (QED) is 0.661. The highest BCUT2D eigenvalue weighted by molar-refractivity contribution is 5.95. The Bertz CT molecular complexity index is 1130. The first-order valence-electron chi connectivity index (χ1n) is 11.0. The van der Waals surface area contributed by atoms with Crippen LogP contribution in [0.2, 0.25) is 0 Å². The summed E-state index contributed by atoms with van der Waals surface area (Å²) < 4.78 is 19.5. The van der Waals surface area contributed by atoms with Crippen LogP contribution in [0.4, 0.5) is 0 Å². The molecule has 168 valence electrons. The van der Waals surface area contributed by atoms with Crippen LogP contribution in [0.5, 0.6) is 0 Å². The van der Waals surface area contributed by atoms with Crippen molar-refractivity contribution < 1.29 is 18.7 Å². The zero-order valence-corrected chi connectivity index (χ0v) is 18.7. The Morgan fingerprint density at radius 3 is 2.97 bits per heavy atom. The predicted molar refractivity (Wildman–Crippen MR) is 118 cm³/mol. The number of fused-ring (bicyclic) bond motifs is 3. The molecule has 2 aliphatic rings. The molecule has 1 fully saturated rings. The molecule has 8 heteroatoms. The number of amides is 1. The van der Waals surface area contributed by atoms with Crippen LogP contribution in [0.15, 0.2) is 35.0 Å². The third kappa shape index (κ3) is 4.08. The first kappa shape index (κ1) is 20.9. The minimum atomic E-state index is -0.349. The van der Waals surface area contributed by atoms with Crippen molar-refractivity contribution in [3.63, 3.8) is 0 Å². The highest BCUT2D eigenvalue weighted by atomic mass is 16.6. The number of ether oxygens (including phenoxy) is 2. The second-order valence-corrected chi connectivity index (χ2v) is 9.10. The summed E-state index contributed by atoms with van der Waals surface area (Å²) in [6.07, 6.45) is 5.26. The van der Waals surface area contributed by atoms with Gasteiger partial charge in [-0.05, 0) is 44.9 Å². The molecule has 4 heterocycles. The SMILES string of the molecule is Cc1c(C(=O)NCC2COCC(C)(C)O2)oc2c1-c1nn(Cc3ccccn3)cc1CC2. The zero-order chi connectivity index (χ0) is 22.3. The summed E-state index contributed by atoms with van der Waals surface area (Å²) in [7, 11) is 0. The summed E-state index contributed by atoms with van der Waals surface area (Å²) >= 11 is 0. The molecule has 1 saturated heterocycles. The van der Waals surface area contributed by atoms with Crippen molar-refractivity contribution in [2.24, 2.45) is 0 Å². The van der Waals surface area contributed by atoms with Gasteiger partial charge >= 0.3 is 0 Å². The van der Waals surface area contributed by atoms with E-state index in [0.29, 0.717) is 32.1 Å². The fourth-order valence-corrected chi connectivity index (χ4v) is 4.46. The Morgan fingerprint density at radius 1 is 1.31 bits per heavy atom. The van der Waals surface area contributed by atoms with Crippen molar-refractivity contribution in [2.45, 2.75) is 51.9 Å². The van der Waals surface area contributed by atoms with Crippen LogP contribution in [0.25, 0.3) is 11.3 Å². The van der Waals surface area contributed by atoms with Gasteiger partial charge in [0.25, 0.3) is 5.91 Å². The Balaban J connectivity index is 1.33. The minimum Gasteiger partial charge on any atom is -0.455 e. The van der Waals surface area contributed by atoms with Crippen LogP contribution in [0.1, 0.15) is 47.0 Å². The molecule has 5 rings (SSSR count). The van der Waals surface area contributed by atoms with Gasteiger partial charge in [-0.25, -0.2) is 0 Å². The van der Waals surface area contributed by atoms with E-state index in [2.05, 4.69) is 16.5 Å². The lowest BCUT2D eigenvalue weighted by molar-refractivity contribution is -0.179. The van der Waals surface area contributed by atoms with Crippen LogP contribution < -0.4 is 5.32 Å². The van der Waals surface area contributed by atoms with Crippen molar-refractivity contribution in [3.05, 3.63) is 58.9 Å². The average Bonchev–Trinajstić information content (AvgIpc) is 3.32. The van der Waals surface area contributed by atoms with Gasteiger partial charge in [-0.15, -0.1) is 0 Å². The van der Waals surface area contributed by atoms with E-state index >= 15 is 0 Å². The van der Waals surface area contributed by atoms with Gasteiger partial charge in [-0.2, -0.15) is 5.10 Å². The van der Waals surface area contributed by atoms with E-state index in [4.69, 9.17) is 19.0 Å². The maximum Gasteiger partial charge on any atom is 0.287 e. The van der Waals surface area contributed by atoms with Crippen molar-refractivity contribution in [2.75, 3.05) is 19.8 Å².